The average molecular weight is 314 g/mol. The van der Waals surface area contributed by atoms with E-state index >= 15 is 0 Å². The maximum Gasteiger partial charge on any atom is 0.252 e. The number of phenols is 1. The zero-order valence-corrected chi connectivity index (χ0v) is 13.2. The van der Waals surface area contributed by atoms with Crippen molar-refractivity contribution >= 4 is 29.3 Å². The molecule has 0 radical (unpaired) electrons. The lowest BCUT2D eigenvalue weighted by Gasteiger charge is -2.35. The molecule has 0 spiro atoms. The van der Waals surface area contributed by atoms with Crippen LogP contribution in [0.15, 0.2) is 18.2 Å². The third-order valence-electron chi connectivity index (χ3n) is 3.96. The van der Waals surface area contributed by atoms with Crippen LogP contribution in [0.2, 0.25) is 5.02 Å². The lowest BCUT2D eigenvalue weighted by atomic mass is 9.88. The number of hydrogen-bond acceptors (Lipinski definition) is 3. The summed E-state index contributed by atoms with van der Waals surface area (Å²) in [6.07, 6.45) is 8.13. The van der Waals surface area contributed by atoms with Crippen molar-refractivity contribution in [1.82, 2.24) is 5.32 Å². The molecule has 1 fully saturated rings. The van der Waals surface area contributed by atoms with Gasteiger partial charge in [0.05, 0.1) is 10.6 Å². The van der Waals surface area contributed by atoms with Crippen molar-refractivity contribution in [3.05, 3.63) is 28.8 Å². The fourth-order valence-corrected chi connectivity index (χ4v) is 3.79. The SMILES string of the molecule is CSC1(CNC(=O)c2cc(O)ccc2Cl)CCCCC1. The number of benzene rings is 1. The first-order chi connectivity index (χ1) is 9.56. The second-order valence-corrected chi connectivity index (χ2v) is 6.98. The molecule has 1 aliphatic rings. The van der Waals surface area contributed by atoms with Gasteiger partial charge in [0.2, 0.25) is 0 Å². The van der Waals surface area contributed by atoms with E-state index in [2.05, 4.69) is 11.6 Å². The summed E-state index contributed by atoms with van der Waals surface area (Å²) < 4.78 is 0.150. The van der Waals surface area contributed by atoms with Crippen molar-refractivity contribution in [2.45, 2.75) is 36.9 Å². The molecule has 0 bridgehead atoms. The molecule has 1 aromatic carbocycles. The fourth-order valence-electron chi connectivity index (χ4n) is 2.67. The lowest BCUT2D eigenvalue weighted by molar-refractivity contribution is 0.0946. The minimum absolute atomic E-state index is 0.0526. The first-order valence-electron chi connectivity index (χ1n) is 6.88. The normalized spacial score (nSPS) is 17.7. The quantitative estimate of drug-likeness (QED) is 0.888. The molecule has 0 unspecified atom stereocenters. The number of halogens is 1. The standard InChI is InChI=1S/C15H20ClNO2S/c1-20-15(7-3-2-4-8-15)10-17-14(19)12-9-11(18)5-6-13(12)16/h5-6,9,18H,2-4,7-8,10H2,1H3,(H,17,19). The number of thioether (sulfide) groups is 1. The highest BCUT2D eigenvalue weighted by molar-refractivity contribution is 8.00. The van der Waals surface area contributed by atoms with Crippen LogP contribution in [0.1, 0.15) is 42.5 Å². The minimum Gasteiger partial charge on any atom is -0.508 e. The Bertz CT molecular complexity index is 487. The molecule has 0 aliphatic heterocycles. The van der Waals surface area contributed by atoms with Crippen LogP contribution >= 0.6 is 23.4 Å². The maximum atomic E-state index is 12.2. The molecule has 2 rings (SSSR count). The summed E-state index contributed by atoms with van der Waals surface area (Å²) in [7, 11) is 0. The highest BCUT2D eigenvalue weighted by Crippen LogP contribution is 2.38. The van der Waals surface area contributed by atoms with E-state index in [0.29, 0.717) is 17.1 Å². The van der Waals surface area contributed by atoms with Gasteiger partial charge in [0.25, 0.3) is 5.91 Å². The summed E-state index contributed by atoms with van der Waals surface area (Å²) in [5, 5.41) is 12.8. The molecule has 5 heteroatoms. The van der Waals surface area contributed by atoms with E-state index < -0.39 is 0 Å². The Hall–Kier alpha value is -0.870. The Balaban J connectivity index is 2.02. The maximum absolute atomic E-state index is 12.2. The van der Waals surface area contributed by atoms with Gasteiger partial charge in [-0.15, -0.1) is 0 Å². The Morgan fingerprint density at radius 2 is 2.10 bits per heavy atom. The molecule has 0 aromatic heterocycles. The predicted octanol–water partition coefficient (Wildman–Crippen LogP) is 3.84. The average Bonchev–Trinajstić information content (AvgIpc) is 2.48. The van der Waals surface area contributed by atoms with Gasteiger partial charge in [-0.3, -0.25) is 4.79 Å². The fraction of sp³-hybridized carbons (Fsp3) is 0.533. The van der Waals surface area contributed by atoms with Gasteiger partial charge in [-0.1, -0.05) is 30.9 Å². The Morgan fingerprint density at radius 3 is 2.75 bits per heavy atom. The summed E-state index contributed by atoms with van der Waals surface area (Å²) in [4.78, 5) is 12.2. The van der Waals surface area contributed by atoms with Crippen molar-refractivity contribution in [2.24, 2.45) is 0 Å². The molecule has 20 heavy (non-hydrogen) atoms. The topological polar surface area (TPSA) is 49.3 Å². The van der Waals surface area contributed by atoms with Crippen LogP contribution in [0.25, 0.3) is 0 Å². The van der Waals surface area contributed by atoms with E-state index in [1.165, 1.54) is 37.5 Å². The van der Waals surface area contributed by atoms with Crippen LogP contribution in [0.5, 0.6) is 5.75 Å². The number of carbonyl (C=O) groups excluding carboxylic acids is 1. The second-order valence-electron chi connectivity index (χ2n) is 5.29. The van der Waals surface area contributed by atoms with Crippen molar-refractivity contribution < 1.29 is 9.90 Å². The van der Waals surface area contributed by atoms with Crippen LogP contribution in [0.3, 0.4) is 0 Å². The van der Waals surface area contributed by atoms with E-state index in [1.807, 2.05) is 11.8 Å². The first kappa shape index (κ1) is 15.5. The van der Waals surface area contributed by atoms with Gasteiger partial charge in [0, 0.05) is 11.3 Å². The molecule has 3 nitrogen and oxygen atoms in total. The molecule has 1 amide bonds. The first-order valence-corrected chi connectivity index (χ1v) is 8.48. The van der Waals surface area contributed by atoms with Crippen LogP contribution < -0.4 is 5.32 Å². The molecule has 110 valence electrons. The van der Waals surface area contributed by atoms with Crippen molar-refractivity contribution in [3.8, 4) is 5.75 Å². The van der Waals surface area contributed by atoms with Gasteiger partial charge >= 0.3 is 0 Å². The Kier molecular flexibility index (Phi) is 5.22. The smallest absolute Gasteiger partial charge is 0.252 e. The molecule has 1 aromatic rings. The zero-order chi connectivity index (χ0) is 14.6. The van der Waals surface area contributed by atoms with Crippen LogP contribution in [-0.2, 0) is 0 Å². The van der Waals surface area contributed by atoms with E-state index in [0.717, 1.165) is 12.8 Å². The molecule has 0 heterocycles. The van der Waals surface area contributed by atoms with Crippen molar-refractivity contribution in [1.29, 1.82) is 0 Å². The monoisotopic (exact) mass is 313 g/mol. The van der Waals surface area contributed by atoms with Crippen LogP contribution in [0.4, 0.5) is 0 Å². The highest BCUT2D eigenvalue weighted by Gasteiger charge is 2.31. The van der Waals surface area contributed by atoms with E-state index in [4.69, 9.17) is 11.6 Å². The summed E-state index contributed by atoms with van der Waals surface area (Å²) in [6.45, 7) is 0.652. The number of phenolic OH excluding ortho intramolecular Hbond substituents is 1. The molecule has 0 saturated heterocycles. The Labute approximate surface area is 129 Å². The van der Waals surface area contributed by atoms with Gasteiger partial charge in [0.15, 0.2) is 0 Å². The van der Waals surface area contributed by atoms with E-state index in [-0.39, 0.29) is 16.4 Å². The number of aromatic hydroxyl groups is 1. The third-order valence-corrected chi connectivity index (χ3v) is 5.71. The number of carbonyl (C=O) groups is 1. The number of nitrogens with one attached hydrogen (secondary N) is 1. The molecule has 0 atom stereocenters. The zero-order valence-electron chi connectivity index (χ0n) is 11.6. The Morgan fingerprint density at radius 1 is 1.40 bits per heavy atom. The molecule has 1 aliphatic carbocycles. The number of amides is 1. The van der Waals surface area contributed by atoms with Gasteiger partial charge in [-0.2, -0.15) is 11.8 Å². The summed E-state index contributed by atoms with van der Waals surface area (Å²) in [6, 6.07) is 4.42. The van der Waals surface area contributed by atoms with Gasteiger partial charge < -0.3 is 10.4 Å². The summed E-state index contributed by atoms with van der Waals surface area (Å²) >= 11 is 7.84. The van der Waals surface area contributed by atoms with Gasteiger partial charge in [-0.05, 0) is 37.3 Å². The molecular weight excluding hydrogens is 294 g/mol. The lowest BCUT2D eigenvalue weighted by Crippen LogP contribution is -2.41. The van der Waals surface area contributed by atoms with Crippen LogP contribution in [-0.4, -0.2) is 28.6 Å². The van der Waals surface area contributed by atoms with E-state index in [1.54, 1.807) is 0 Å². The largest absolute Gasteiger partial charge is 0.508 e. The van der Waals surface area contributed by atoms with Gasteiger partial charge in [-0.25, -0.2) is 0 Å². The summed E-state index contributed by atoms with van der Waals surface area (Å²) in [5.74, 6) is -0.165. The second kappa shape index (κ2) is 6.72. The number of hydrogen-bond donors (Lipinski definition) is 2. The predicted molar refractivity (Wildman–Crippen MR) is 84.8 cm³/mol. The highest BCUT2D eigenvalue weighted by atomic mass is 35.5. The summed E-state index contributed by atoms with van der Waals surface area (Å²) in [5.41, 5.74) is 0.332. The van der Waals surface area contributed by atoms with E-state index in [9.17, 15) is 9.90 Å². The third kappa shape index (κ3) is 3.61. The number of rotatable bonds is 4. The molecule has 2 N–H and O–H groups in total. The minimum atomic E-state index is -0.218. The molecule has 1 saturated carbocycles. The van der Waals surface area contributed by atoms with Crippen molar-refractivity contribution in [2.75, 3.05) is 12.8 Å². The molecular formula is C15H20ClNO2S. The van der Waals surface area contributed by atoms with Crippen molar-refractivity contribution in [3.63, 3.8) is 0 Å². The van der Waals surface area contributed by atoms with Gasteiger partial charge in [0.1, 0.15) is 5.75 Å². The van der Waals surface area contributed by atoms with Crippen LogP contribution in [0, 0.1) is 0 Å².